The summed E-state index contributed by atoms with van der Waals surface area (Å²) in [6, 6.07) is 11.2. The minimum absolute atomic E-state index is 0.179. The molecule has 2 heterocycles. The van der Waals surface area contributed by atoms with Crippen LogP contribution in [0.15, 0.2) is 36.5 Å². The first-order valence-electron chi connectivity index (χ1n) is 9.17. The van der Waals surface area contributed by atoms with Crippen LogP contribution >= 0.6 is 0 Å². The van der Waals surface area contributed by atoms with Crippen molar-refractivity contribution in [3.8, 4) is 22.9 Å². The van der Waals surface area contributed by atoms with Gasteiger partial charge in [-0.3, -0.25) is 9.20 Å². The molecule has 0 atom stereocenters. The summed E-state index contributed by atoms with van der Waals surface area (Å²) in [7, 11) is 1.57. The van der Waals surface area contributed by atoms with Gasteiger partial charge in [0.15, 0.2) is 5.69 Å². The predicted molar refractivity (Wildman–Crippen MR) is 106 cm³/mol. The fourth-order valence-corrected chi connectivity index (χ4v) is 3.73. The third kappa shape index (κ3) is 2.93. The van der Waals surface area contributed by atoms with Crippen molar-refractivity contribution in [1.82, 2.24) is 14.7 Å². The molecule has 2 aromatic heterocycles. The largest absolute Gasteiger partial charge is 0.496 e. The first kappa shape index (κ1) is 17.9. The molecular formula is C21H21N5O2. The Labute approximate surface area is 162 Å². The first-order valence-corrected chi connectivity index (χ1v) is 9.17. The molecular weight excluding hydrogens is 354 g/mol. The van der Waals surface area contributed by atoms with Gasteiger partial charge in [-0.05, 0) is 49.1 Å². The van der Waals surface area contributed by atoms with Gasteiger partial charge in [-0.15, -0.1) is 0 Å². The van der Waals surface area contributed by atoms with E-state index in [1.54, 1.807) is 35.9 Å². The summed E-state index contributed by atoms with van der Waals surface area (Å²) < 4.78 is 7.15. The molecule has 4 rings (SSSR count). The summed E-state index contributed by atoms with van der Waals surface area (Å²) in [6.07, 6.45) is 3.72. The molecule has 1 amide bonds. The standard InChI is InChI=1S/C21H21N5O2/c1-12-8-14(9-12)24-21(27)18-19(23)26-7-3-4-15(20(26)25-18)16-10-13(11-22)5-6-17(16)28-2/h3-7,10,12,14H,8-9,23H2,1-2H3,(H,24,27). The van der Waals surface area contributed by atoms with E-state index in [0.29, 0.717) is 22.9 Å². The number of ether oxygens (including phenoxy) is 1. The molecule has 7 nitrogen and oxygen atoms in total. The van der Waals surface area contributed by atoms with E-state index in [0.717, 1.165) is 24.0 Å². The van der Waals surface area contributed by atoms with Crippen molar-refractivity contribution in [3.63, 3.8) is 0 Å². The zero-order valence-electron chi connectivity index (χ0n) is 15.8. The number of nitriles is 1. The van der Waals surface area contributed by atoms with E-state index in [1.165, 1.54) is 0 Å². The van der Waals surface area contributed by atoms with Gasteiger partial charge in [-0.25, -0.2) is 4.98 Å². The highest BCUT2D eigenvalue weighted by atomic mass is 16.5. The van der Waals surface area contributed by atoms with Crippen molar-refractivity contribution >= 4 is 17.4 Å². The molecule has 0 bridgehead atoms. The van der Waals surface area contributed by atoms with Gasteiger partial charge in [0.25, 0.3) is 5.91 Å². The topological polar surface area (TPSA) is 105 Å². The maximum Gasteiger partial charge on any atom is 0.273 e. The number of aromatic nitrogens is 2. The molecule has 28 heavy (non-hydrogen) atoms. The number of nitrogens with zero attached hydrogens (tertiary/aromatic N) is 3. The second kappa shape index (κ2) is 6.89. The Kier molecular flexibility index (Phi) is 4.40. The lowest BCUT2D eigenvalue weighted by Crippen LogP contribution is -2.43. The van der Waals surface area contributed by atoms with Crippen LogP contribution in [0.5, 0.6) is 5.75 Å². The highest BCUT2D eigenvalue weighted by molar-refractivity contribution is 5.99. The zero-order valence-corrected chi connectivity index (χ0v) is 15.8. The smallest absolute Gasteiger partial charge is 0.273 e. The number of methoxy groups -OCH3 is 1. The Morgan fingerprint density at radius 1 is 1.36 bits per heavy atom. The Bertz CT molecular complexity index is 1110. The number of imidazole rings is 1. The third-order valence-corrected chi connectivity index (χ3v) is 5.23. The predicted octanol–water partition coefficient (Wildman–Crippen LogP) is 2.99. The van der Waals surface area contributed by atoms with Crippen molar-refractivity contribution in [3.05, 3.63) is 47.8 Å². The SMILES string of the molecule is COc1ccc(C#N)cc1-c1cccn2c(N)c(C(=O)NC3CC(C)C3)nc12. The van der Waals surface area contributed by atoms with Gasteiger partial charge in [-0.2, -0.15) is 5.26 Å². The minimum atomic E-state index is -0.262. The fourth-order valence-electron chi connectivity index (χ4n) is 3.73. The van der Waals surface area contributed by atoms with Crippen LogP contribution in [0.2, 0.25) is 0 Å². The average molecular weight is 375 g/mol. The molecule has 1 aromatic carbocycles. The lowest BCUT2D eigenvalue weighted by atomic mass is 9.82. The van der Waals surface area contributed by atoms with Gasteiger partial charge in [0.1, 0.15) is 17.2 Å². The normalized spacial score (nSPS) is 18.3. The van der Waals surface area contributed by atoms with E-state index in [1.807, 2.05) is 12.1 Å². The summed E-state index contributed by atoms with van der Waals surface area (Å²) in [4.78, 5) is 17.2. The summed E-state index contributed by atoms with van der Waals surface area (Å²) in [5.41, 5.74) is 8.95. The van der Waals surface area contributed by atoms with Gasteiger partial charge in [0.05, 0.1) is 18.7 Å². The molecule has 7 heteroatoms. The summed E-state index contributed by atoms with van der Waals surface area (Å²) >= 11 is 0. The van der Waals surface area contributed by atoms with Gasteiger partial charge < -0.3 is 15.8 Å². The third-order valence-electron chi connectivity index (χ3n) is 5.23. The minimum Gasteiger partial charge on any atom is -0.496 e. The zero-order chi connectivity index (χ0) is 19.8. The molecule has 3 N–H and O–H groups in total. The highest BCUT2D eigenvalue weighted by Crippen LogP contribution is 2.34. The fraction of sp³-hybridized carbons (Fsp3) is 0.286. The summed E-state index contributed by atoms with van der Waals surface area (Å²) in [5.74, 6) is 1.28. The Morgan fingerprint density at radius 2 is 2.14 bits per heavy atom. The van der Waals surface area contributed by atoms with Crippen LogP contribution in [-0.2, 0) is 0 Å². The first-order chi connectivity index (χ1) is 13.5. The van der Waals surface area contributed by atoms with Gasteiger partial charge in [-0.1, -0.05) is 6.92 Å². The number of carbonyl (C=O) groups excluding carboxylic acids is 1. The van der Waals surface area contributed by atoms with Crippen LogP contribution in [0, 0.1) is 17.2 Å². The van der Waals surface area contributed by atoms with Crippen molar-refractivity contribution in [1.29, 1.82) is 5.26 Å². The monoisotopic (exact) mass is 375 g/mol. The van der Waals surface area contributed by atoms with Crippen LogP contribution < -0.4 is 15.8 Å². The number of benzene rings is 1. The summed E-state index contributed by atoms with van der Waals surface area (Å²) in [5, 5.41) is 12.3. The number of rotatable bonds is 4. The Hall–Kier alpha value is -3.53. The van der Waals surface area contributed by atoms with E-state index in [-0.39, 0.29) is 23.5 Å². The lowest BCUT2D eigenvalue weighted by molar-refractivity contribution is 0.0892. The van der Waals surface area contributed by atoms with E-state index in [2.05, 4.69) is 23.3 Å². The maximum absolute atomic E-state index is 12.7. The highest BCUT2D eigenvalue weighted by Gasteiger charge is 2.29. The molecule has 0 saturated heterocycles. The number of nitrogens with one attached hydrogen (secondary N) is 1. The Balaban J connectivity index is 1.80. The van der Waals surface area contributed by atoms with Crippen molar-refractivity contribution in [2.45, 2.75) is 25.8 Å². The summed E-state index contributed by atoms with van der Waals surface area (Å²) in [6.45, 7) is 2.16. The molecule has 1 aliphatic rings. The molecule has 0 spiro atoms. The van der Waals surface area contributed by atoms with E-state index >= 15 is 0 Å². The number of hydrogen-bond donors (Lipinski definition) is 2. The number of hydrogen-bond acceptors (Lipinski definition) is 5. The maximum atomic E-state index is 12.7. The van der Waals surface area contributed by atoms with Gasteiger partial charge in [0, 0.05) is 23.4 Å². The van der Waals surface area contributed by atoms with E-state index in [4.69, 9.17) is 10.5 Å². The van der Waals surface area contributed by atoms with Gasteiger partial charge in [0.2, 0.25) is 0 Å². The van der Waals surface area contributed by atoms with Crippen LogP contribution in [0.4, 0.5) is 5.82 Å². The molecule has 1 fully saturated rings. The molecule has 1 aliphatic carbocycles. The van der Waals surface area contributed by atoms with Crippen LogP contribution in [0.25, 0.3) is 16.8 Å². The van der Waals surface area contributed by atoms with Crippen molar-refractivity contribution in [2.24, 2.45) is 5.92 Å². The van der Waals surface area contributed by atoms with Crippen LogP contribution in [-0.4, -0.2) is 28.4 Å². The van der Waals surface area contributed by atoms with E-state index in [9.17, 15) is 10.1 Å². The molecule has 3 aromatic rings. The quantitative estimate of drug-likeness (QED) is 0.729. The van der Waals surface area contributed by atoms with Crippen LogP contribution in [0.3, 0.4) is 0 Å². The van der Waals surface area contributed by atoms with Gasteiger partial charge >= 0.3 is 0 Å². The van der Waals surface area contributed by atoms with Crippen LogP contribution in [0.1, 0.15) is 35.8 Å². The van der Waals surface area contributed by atoms with E-state index < -0.39 is 0 Å². The number of nitrogen functional groups attached to an aromatic ring is 1. The molecule has 0 radical (unpaired) electrons. The molecule has 1 saturated carbocycles. The molecule has 142 valence electrons. The Morgan fingerprint density at radius 3 is 2.82 bits per heavy atom. The number of anilines is 1. The number of carbonyl (C=O) groups is 1. The second-order valence-corrected chi connectivity index (χ2v) is 7.23. The van der Waals surface area contributed by atoms with Crippen molar-refractivity contribution < 1.29 is 9.53 Å². The number of pyridine rings is 1. The number of amides is 1. The molecule has 0 unspecified atom stereocenters. The van der Waals surface area contributed by atoms with Crippen molar-refractivity contribution in [2.75, 3.05) is 12.8 Å². The number of fused-ring (bicyclic) bond motifs is 1. The second-order valence-electron chi connectivity index (χ2n) is 7.23. The molecule has 0 aliphatic heterocycles. The lowest BCUT2D eigenvalue weighted by Gasteiger charge is -2.32. The number of nitrogens with two attached hydrogens (primary N) is 1. The average Bonchev–Trinajstić information content (AvgIpc) is 3.03.